The summed E-state index contributed by atoms with van der Waals surface area (Å²) in [5, 5.41) is 0. The Morgan fingerprint density at radius 1 is 1.15 bits per heavy atom. The number of nitrogens with two attached hydrogens (primary N) is 1. The molecule has 106 valence electrons. The maximum absolute atomic E-state index is 5.97. The number of nitrogens with zero attached hydrogens (tertiary/aromatic N) is 1. The first-order valence-corrected chi connectivity index (χ1v) is 6.88. The molecule has 0 atom stereocenters. The fourth-order valence-electron chi connectivity index (χ4n) is 2.31. The van der Waals surface area contributed by atoms with Gasteiger partial charge in [-0.1, -0.05) is 18.2 Å². The van der Waals surface area contributed by atoms with Crippen molar-refractivity contribution < 1.29 is 4.74 Å². The molecule has 0 aliphatic heterocycles. The lowest BCUT2D eigenvalue weighted by Crippen LogP contribution is -2.22. The van der Waals surface area contributed by atoms with Gasteiger partial charge in [0.15, 0.2) is 0 Å². The molecule has 2 N–H and O–H groups in total. The van der Waals surface area contributed by atoms with E-state index in [0.29, 0.717) is 5.69 Å². The lowest BCUT2D eigenvalue weighted by atomic mass is 10.1. The third kappa shape index (κ3) is 3.23. The number of benzene rings is 2. The number of anilines is 2. The molecule has 2 aromatic rings. The summed E-state index contributed by atoms with van der Waals surface area (Å²) in [6.45, 7) is 6.07. The first-order chi connectivity index (χ1) is 9.63. The van der Waals surface area contributed by atoms with Crippen LogP contribution in [0, 0.1) is 6.92 Å². The van der Waals surface area contributed by atoms with Crippen molar-refractivity contribution in [3.8, 4) is 5.75 Å². The van der Waals surface area contributed by atoms with Crippen LogP contribution in [0.5, 0.6) is 5.75 Å². The molecule has 0 radical (unpaired) electrons. The van der Waals surface area contributed by atoms with Crippen LogP contribution in [0.2, 0.25) is 0 Å². The molecule has 0 saturated carbocycles. The highest BCUT2D eigenvalue weighted by Crippen LogP contribution is 2.24. The Morgan fingerprint density at radius 3 is 2.55 bits per heavy atom. The molecule has 0 bridgehead atoms. The molecule has 0 spiro atoms. The van der Waals surface area contributed by atoms with E-state index >= 15 is 0 Å². The lowest BCUT2D eigenvalue weighted by molar-refractivity contribution is 0.417. The highest BCUT2D eigenvalue weighted by Gasteiger charge is 2.07. The molecule has 0 aliphatic rings. The summed E-state index contributed by atoms with van der Waals surface area (Å²) in [6.07, 6.45) is 0. The van der Waals surface area contributed by atoms with Crippen LogP contribution in [0.4, 0.5) is 11.4 Å². The van der Waals surface area contributed by atoms with Crippen LogP contribution in [0.1, 0.15) is 18.1 Å². The molecule has 0 aromatic heterocycles. The standard InChI is InChI=1S/C17H22N2O/c1-4-19(15-7-5-6-13(2)10-15)12-14-8-9-17(20-3)16(18)11-14/h5-11H,4,12,18H2,1-3H3. The molecule has 0 unspecified atom stereocenters. The summed E-state index contributed by atoms with van der Waals surface area (Å²) < 4.78 is 5.19. The van der Waals surface area contributed by atoms with Gasteiger partial charge < -0.3 is 15.4 Å². The molecule has 20 heavy (non-hydrogen) atoms. The monoisotopic (exact) mass is 270 g/mol. The Hall–Kier alpha value is -2.16. The van der Waals surface area contributed by atoms with E-state index in [4.69, 9.17) is 10.5 Å². The first kappa shape index (κ1) is 14.3. The maximum atomic E-state index is 5.97. The Kier molecular flexibility index (Phi) is 4.51. The molecule has 2 rings (SSSR count). The van der Waals surface area contributed by atoms with E-state index in [9.17, 15) is 0 Å². The van der Waals surface area contributed by atoms with Crippen LogP contribution < -0.4 is 15.4 Å². The summed E-state index contributed by atoms with van der Waals surface area (Å²) in [4.78, 5) is 2.33. The average molecular weight is 270 g/mol. The zero-order valence-corrected chi connectivity index (χ0v) is 12.4. The van der Waals surface area contributed by atoms with Crippen LogP contribution in [-0.4, -0.2) is 13.7 Å². The Labute approximate surface area is 121 Å². The summed E-state index contributed by atoms with van der Waals surface area (Å²) in [7, 11) is 1.64. The van der Waals surface area contributed by atoms with Crippen LogP contribution in [0.15, 0.2) is 42.5 Å². The minimum Gasteiger partial charge on any atom is -0.495 e. The lowest BCUT2D eigenvalue weighted by Gasteiger charge is -2.24. The number of hydrogen-bond acceptors (Lipinski definition) is 3. The molecule has 3 heteroatoms. The zero-order valence-electron chi connectivity index (χ0n) is 12.4. The van der Waals surface area contributed by atoms with Gasteiger partial charge in [0.25, 0.3) is 0 Å². The van der Waals surface area contributed by atoms with E-state index in [1.165, 1.54) is 16.8 Å². The topological polar surface area (TPSA) is 38.5 Å². The Bertz CT molecular complexity index is 581. The van der Waals surface area contributed by atoms with Crippen molar-refractivity contribution in [2.75, 3.05) is 24.3 Å². The van der Waals surface area contributed by atoms with Crippen LogP contribution in [0.3, 0.4) is 0 Å². The quantitative estimate of drug-likeness (QED) is 0.843. The van der Waals surface area contributed by atoms with Gasteiger partial charge in [-0.3, -0.25) is 0 Å². The van der Waals surface area contributed by atoms with Crippen molar-refractivity contribution >= 4 is 11.4 Å². The Morgan fingerprint density at radius 2 is 1.95 bits per heavy atom. The van der Waals surface area contributed by atoms with Crippen molar-refractivity contribution in [3.05, 3.63) is 53.6 Å². The van der Waals surface area contributed by atoms with Gasteiger partial charge in [0, 0.05) is 18.8 Å². The molecule has 3 nitrogen and oxygen atoms in total. The number of nitrogen functional groups attached to an aromatic ring is 1. The molecule has 2 aromatic carbocycles. The van der Waals surface area contributed by atoms with Gasteiger partial charge in [-0.05, 0) is 49.2 Å². The van der Waals surface area contributed by atoms with E-state index in [1.807, 2.05) is 12.1 Å². The third-order valence-corrected chi connectivity index (χ3v) is 3.42. The zero-order chi connectivity index (χ0) is 14.5. The van der Waals surface area contributed by atoms with Crippen molar-refractivity contribution in [1.29, 1.82) is 0 Å². The Balaban J connectivity index is 2.20. The third-order valence-electron chi connectivity index (χ3n) is 3.42. The number of rotatable bonds is 5. The second-order valence-electron chi connectivity index (χ2n) is 4.93. The van der Waals surface area contributed by atoms with E-state index in [-0.39, 0.29) is 0 Å². The van der Waals surface area contributed by atoms with Crippen molar-refractivity contribution in [2.24, 2.45) is 0 Å². The van der Waals surface area contributed by atoms with E-state index < -0.39 is 0 Å². The molecule has 0 aliphatic carbocycles. The molecule has 0 amide bonds. The number of methoxy groups -OCH3 is 1. The second kappa shape index (κ2) is 6.33. The summed E-state index contributed by atoms with van der Waals surface area (Å²) in [5.74, 6) is 0.729. The van der Waals surface area contributed by atoms with Crippen molar-refractivity contribution in [1.82, 2.24) is 0 Å². The molecular formula is C17H22N2O. The minimum atomic E-state index is 0.685. The van der Waals surface area contributed by atoms with Crippen LogP contribution in [-0.2, 0) is 6.54 Å². The molecule has 0 saturated heterocycles. The van der Waals surface area contributed by atoms with Gasteiger partial charge in [0.05, 0.1) is 12.8 Å². The number of aryl methyl sites for hydroxylation is 1. The van der Waals surface area contributed by atoms with Crippen LogP contribution in [0.25, 0.3) is 0 Å². The van der Waals surface area contributed by atoms with Gasteiger partial charge in [0.1, 0.15) is 5.75 Å². The fraction of sp³-hybridized carbons (Fsp3) is 0.294. The summed E-state index contributed by atoms with van der Waals surface area (Å²) in [5.41, 5.74) is 10.4. The minimum absolute atomic E-state index is 0.685. The van der Waals surface area contributed by atoms with E-state index in [0.717, 1.165) is 18.8 Å². The predicted octanol–water partition coefficient (Wildman–Crippen LogP) is 3.61. The largest absolute Gasteiger partial charge is 0.495 e. The smallest absolute Gasteiger partial charge is 0.141 e. The van der Waals surface area contributed by atoms with E-state index in [1.54, 1.807) is 7.11 Å². The number of ether oxygens (including phenoxy) is 1. The fourth-order valence-corrected chi connectivity index (χ4v) is 2.31. The van der Waals surface area contributed by atoms with E-state index in [2.05, 4.69) is 49.1 Å². The van der Waals surface area contributed by atoms with Gasteiger partial charge in [-0.15, -0.1) is 0 Å². The van der Waals surface area contributed by atoms with Gasteiger partial charge >= 0.3 is 0 Å². The predicted molar refractivity (Wildman–Crippen MR) is 85.3 cm³/mol. The summed E-state index contributed by atoms with van der Waals surface area (Å²) >= 11 is 0. The van der Waals surface area contributed by atoms with Gasteiger partial charge in [-0.2, -0.15) is 0 Å². The normalized spacial score (nSPS) is 10.3. The number of hydrogen-bond donors (Lipinski definition) is 1. The first-order valence-electron chi connectivity index (χ1n) is 6.88. The molecule has 0 fully saturated rings. The van der Waals surface area contributed by atoms with Gasteiger partial charge in [0.2, 0.25) is 0 Å². The SMILES string of the molecule is CCN(Cc1ccc(OC)c(N)c1)c1cccc(C)c1. The molecular weight excluding hydrogens is 248 g/mol. The van der Waals surface area contributed by atoms with Gasteiger partial charge in [-0.25, -0.2) is 0 Å². The maximum Gasteiger partial charge on any atom is 0.141 e. The molecule has 0 heterocycles. The van der Waals surface area contributed by atoms with Crippen molar-refractivity contribution in [2.45, 2.75) is 20.4 Å². The van der Waals surface area contributed by atoms with Crippen molar-refractivity contribution in [3.63, 3.8) is 0 Å². The highest BCUT2D eigenvalue weighted by molar-refractivity contribution is 5.55. The summed E-state index contributed by atoms with van der Waals surface area (Å²) in [6, 6.07) is 14.5. The second-order valence-corrected chi connectivity index (χ2v) is 4.93. The van der Waals surface area contributed by atoms with Crippen LogP contribution >= 0.6 is 0 Å². The average Bonchev–Trinajstić information content (AvgIpc) is 2.45. The highest BCUT2D eigenvalue weighted by atomic mass is 16.5.